The Balaban J connectivity index is 1.42. The predicted octanol–water partition coefficient (Wildman–Crippen LogP) is 8.96. The van der Waals surface area contributed by atoms with Crippen molar-refractivity contribution in [3.63, 3.8) is 0 Å². The fraction of sp³-hybridized carbons (Fsp3) is 0.371. The van der Waals surface area contributed by atoms with Crippen LogP contribution in [0.15, 0.2) is 72.3 Å². The smallest absolute Gasteiger partial charge is 0.192 e. The molecule has 2 unspecified atom stereocenters. The zero-order chi connectivity index (χ0) is 28.2. The molecule has 40 heavy (non-hydrogen) atoms. The summed E-state index contributed by atoms with van der Waals surface area (Å²) in [6.45, 7) is 1.53. The fourth-order valence-electron chi connectivity index (χ4n) is 6.55. The Morgan fingerprint density at radius 1 is 0.875 bits per heavy atom. The fourth-order valence-corrected chi connectivity index (χ4v) is 6.55. The van der Waals surface area contributed by atoms with Gasteiger partial charge in [-0.25, -0.2) is 13.2 Å². The Kier molecular flexibility index (Phi) is 8.68. The predicted molar refractivity (Wildman–Crippen MR) is 151 cm³/mol. The third-order valence-electron chi connectivity index (χ3n) is 8.70. The lowest BCUT2D eigenvalue weighted by atomic mass is 9.82. The van der Waals surface area contributed by atoms with Gasteiger partial charge in [-0.2, -0.15) is 0 Å². The van der Waals surface area contributed by atoms with Crippen LogP contribution in [0.3, 0.4) is 0 Å². The lowest BCUT2D eigenvalue weighted by Crippen LogP contribution is -2.14. The first-order chi connectivity index (χ1) is 19.3. The van der Waals surface area contributed by atoms with Gasteiger partial charge in [0, 0.05) is 36.3 Å². The highest BCUT2D eigenvalue weighted by atomic mass is 19.1. The Hall–Kier alpha value is -3.47. The molecule has 2 atom stereocenters. The Labute approximate surface area is 234 Å². The van der Waals surface area contributed by atoms with Crippen LogP contribution in [0.1, 0.15) is 95.8 Å². The summed E-state index contributed by atoms with van der Waals surface area (Å²) in [5.41, 5.74) is 3.37. The largest absolute Gasteiger partial charge is 0.300 e. The molecule has 0 saturated heterocycles. The van der Waals surface area contributed by atoms with Gasteiger partial charge in [-0.05, 0) is 72.6 Å². The van der Waals surface area contributed by atoms with Gasteiger partial charge in [0.15, 0.2) is 5.78 Å². The van der Waals surface area contributed by atoms with Crippen LogP contribution in [0.5, 0.6) is 0 Å². The number of hydrogen-bond acceptors (Lipinski definition) is 2. The van der Waals surface area contributed by atoms with Gasteiger partial charge in [0.25, 0.3) is 0 Å². The molecule has 0 heterocycles. The minimum Gasteiger partial charge on any atom is -0.300 e. The second-order valence-corrected chi connectivity index (χ2v) is 11.4. The topological polar surface area (TPSA) is 34.1 Å². The number of benzene rings is 3. The number of rotatable bonds is 10. The van der Waals surface area contributed by atoms with Crippen LogP contribution in [0.25, 0.3) is 0 Å². The van der Waals surface area contributed by atoms with Crippen molar-refractivity contribution in [3.05, 3.63) is 118 Å². The first-order valence-corrected chi connectivity index (χ1v) is 14.4. The maximum absolute atomic E-state index is 14.9. The molecule has 0 bridgehead atoms. The number of carbonyl (C=O) groups is 2. The van der Waals surface area contributed by atoms with Crippen molar-refractivity contribution in [2.24, 2.45) is 5.92 Å². The number of Topliss-reactive ketones (excluding diaryl/α,β-unsaturated/α-hetero) is 2. The monoisotopic (exact) mass is 544 g/mol. The van der Waals surface area contributed by atoms with Gasteiger partial charge < -0.3 is 0 Å². The van der Waals surface area contributed by atoms with Crippen molar-refractivity contribution < 1.29 is 22.8 Å². The van der Waals surface area contributed by atoms with Crippen molar-refractivity contribution in [1.29, 1.82) is 0 Å². The molecule has 1 saturated carbocycles. The molecule has 2 aliphatic carbocycles. The van der Waals surface area contributed by atoms with Crippen LogP contribution >= 0.6 is 0 Å². The summed E-state index contributed by atoms with van der Waals surface area (Å²) in [6.07, 6.45) is 9.98. The molecule has 208 valence electrons. The van der Waals surface area contributed by atoms with Gasteiger partial charge >= 0.3 is 0 Å². The second kappa shape index (κ2) is 12.4. The van der Waals surface area contributed by atoms with Crippen LogP contribution in [0, 0.1) is 30.3 Å². The maximum atomic E-state index is 14.9. The maximum Gasteiger partial charge on any atom is 0.192 e. The SMILES string of the molecule is Cc1cc(F)cc(F)c1C(=O)C1=CC(c2ccc(F)cc2)CC1c1ccccc1CCC(=O)CCC1CCCC1. The summed E-state index contributed by atoms with van der Waals surface area (Å²) in [5, 5.41) is 0. The van der Waals surface area contributed by atoms with Crippen LogP contribution < -0.4 is 0 Å². The van der Waals surface area contributed by atoms with Gasteiger partial charge in [-0.15, -0.1) is 0 Å². The van der Waals surface area contributed by atoms with E-state index in [0.29, 0.717) is 37.2 Å². The van der Waals surface area contributed by atoms with Crippen molar-refractivity contribution in [2.75, 3.05) is 0 Å². The van der Waals surface area contributed by atoms with Crippen molar-refractivity contribution in [1.82, 2.24) is 0 Å². The number of ketones is 2. The number of halogens is 3. The normalized spacial score (nSPS) is 19.1. The third kappa shape index (κ3) is 6.29. The lowest BCUT2D eigenvalue weighted by molar-refractivity contribution is -0.119. The van der Waals surface area contributed by atoms with Crippen molar-refractivity contribution in [2.45, 2.75) is 76.5 Å². The van der Waals surface area contributed by atoms with Crippen molar-refractivity contribution >= 4 is 11.6 Å². The van der Waals surface area contributed by atoms with Crippen LogP contribution in [0.4, 0.5) is 13.2 Å². The average Bonchev–Trinajstić information content (AvgIpc) is 3.61. The summed E-state index contributed by atoms with van der Waals surface area (Å²) >= 11 is 0. The molecule has 5 rings (SSSR count). The molecular weight excluding hydrogens is 509 g/mol. The van der Waals surface area contributed by atoms with E-state index in [1.807, 2.05) is 30.3 Å². The number of aryl methyl sites for hydroxylation is 2. The van der Waals surface area contributed by atoms with Gasteiger partial charge in [0.1, 0.15) is 23.2 Å². The van der Waals surface area contributed by atoms with E-state index in [2.05, 4.69) is 0 Å². The summed E-state index contributed by atoms with van der Waals surface area (Å²) in [5.74, 6) is -1.99. The number of hydrogen-bond donors (Lipinski definition) is 0. The van der Waals surface area contributed by atoms with Gasteiger partial charge in [-0.1, -0.05) is 68.2 Å². The first-order valence-electron chi connectivity index (χ1n) is 14.4. The Bertz CT molecular complexity index is 1390. The van der Waals surface area contributed by atoms with E-state index in [4.69, 9.17) is 0 Å². The van der Waals surface area contributed by atoms with Crippen LogP contribution in [-0.4, -0.2) is 11.6 Å². The minimum absolute atomic E-state index is 0.128. The molecule has 0 amide bonds. The molecule has 0 aliphatic heterocycles. The summed E-state index contributed by atoms with van der Waals surface area (Å²) in [7, 11) is 0. The molecule has 2 nitrogen and oxygen atoms in total. The molecule has 5 heteroatoms. The number of allylic oxidation sites excluding steroid dienone is 2. The highest BCUT2D eigenvalue weighted by molar-refractivity contribution is 6.11. The molecule has 3 aromatic rings. The van der Waals surface area contributed by atoms with Gasteiger partial charge in [0.05, 0.1) is 5.56 Å². The van der Waals surface area contributed by atoms with Gasteiger partial charge in [-0.3, -0.25) is 9.59 Å². The van der Waals surface area contributed by atoms with Crippen molar-refractivity contribution in [3.8, 4) is 0 Å². The summed E-state index contributed by atoms with van der Waals surface area (Å²) in [4.78, 5) is 26.6. The zero-order valence-electron chi connectivity index (χ0n) is 22.9. The molecule has 0 radical (unpaired) electrons. The minimum atomic E-state index is -0.881. The van der Waals surface area contributed by atoms with E-state index in [1.54, 1.807) is 12.1 Å². The average molecular weight is 545 g/mol. The van der Waals surface area contributed by atoms with Gasteiger partial charge in [0.2, 0.25) is 0 Å². The molecule has 0 N–H and O–H groups in total. The lowest BCUT2D eigenvalue weighted by Gasteiger charge is -2.20. The highest BCUT2D eigenvalue weighted by Gasteiger charge is 2.35. The van der Waals surface area contributed by atoms with E-state index in [-0.39, 0.29) is 34.6 Å². The summed E-state index contributed by atoms with van der Waals surface area (Å²) in [6, 6.07) is 15.9. The third-order valence-corrected chi connectivity index (χ3v) is 8.70. The van der Waals surface area contributed by atoms with Crippen LogP contribution in [-0.2, 0) is 11.2 Å². The van der Waals surface area contributed by atoms with E-state index in [0.717, 1.165) is 29.2 Å². The molecule has 0 spiro atoms. The Morgan fingerprint density at radius 2 is 1.60 bits per heavy atom. The van der Waals surface area contributed by atoms with E-state index in [9.17, 15) is 22.8 Å². The zero-order valence-corrected chi connectivity index (χ0v) is 22.9. The summed E-state index contributed by atoms with van der Waals surface area (Å²) < 4.78 is 42.4. The van der Waals surface area contributed by atoms with E-state index >= 15 is 0 Å². The van der Waals surface area contributed by atoms with Crippen LogP contribution in [0.2, 0.25) is 0 Å². The molecule has 1 fully saturated rings. The second-order valence-electron chi connectivity index (χ2n) is 11.4. The standard InChI is InChI=1S/C35H35F3O2/c1-22-18-28(37)21-33(38)34(22)35(40)32-20-26(24-11-14-27(36)15-12-24)19-31(32)30-9-5-4-8-25(30)13-17-29(39)16-10-23-6-2-3-7-23/h4-5,8-9,11-12,14-15,18,20-21,23,26,31H,2-3,6-7,10,13,16-17,19H2,1H3. The molecule has 3 aromatic carbocycles. The number of carbonyl (C=O) groups excluding carboxylic acids is 2. The highest BCUT2D eigenvalue weighted by Crippen LogP contribution is 2.46. The molecule has 2 aliphatic rings. The molecular formula is C35H35F3O2. The quantitative estimate of drug-likeness (QED) is 0.239. The van der Waals surface area contributed by atoms with E-state index in [1.165, 1.54) is 50.8 Å². The first kappa shape index (κ1) is 28.1. The Morgan fingerprint density at radius 3 is 2.33 bits per heavy atom. The molecule has 0 aromatic heterocycles. The van der Waals surface area contributed by atoms with E-state index < -0.39 is 17.4 Å².